The summed E-state index contributed by atoms with van der Waals surface area (Å²) in [5.74, 6) is -0.104. The second kappa shape index (κ2) is 8.44. The van der Waals surface area contributed by atoms with Gasteiger partial charge in [0.15, 0.2) is 0 Å². The van der Waals surface area contributed by atoms with Crippen LogP contribution in [0.15, 0.2) is 24.3 Å². The Bertz CT molecular complexity index is 464. The van der Waals surface area contributed by atoms with Crippen molar-refractivity contribution in [3.8, 4) is 0 Å². The van der Waals surface area contributed by atoms with E-state index in [2.05, 4.69) is 30.4 Å². The average molecular weight is 307 g/mol. The monoisotopic (exact) mass is 307 g/mol. The molecule has 0 spiro atoms. The van der Waals surface area contributed by atoms with Crippen molar-refractivity contribution in [2.24, 2.45) is 0 Å². The van der Waals surface area contributed by atoms with Crippen LogP contribution in [0.25, 0.3) is 0 Å². The Morgan fingerprint density at radius 2 is 2.05 bits per heavy atom. The van der Waals surface area contributed by atoms with Crippen molar-refractivity contribution in [1.82, 2.24) is 5.32 Å². The normalized spacial score (nSPS) is 21.6. The van der Waals surface area contributed by atoms with Crippen LogP contribution in [-0.4, -0.2) is 22.9 Å². The second-order valence-corrected chi connectivity index (χ2v) is 6.77. The maximum absolute atomic E-state index is 11.1. The number of hydrogen-bond donors (Lipinski definition) is 2. The minimum atomic E-state index is -0.748. The number of hydrogen-bond acceptors (Lipinski definition) is 3. The summed E-state index contributed by atoms with van der Waals surface area (Å²) in [4.78, 5) is 11.1. The van der Waals surface area contributed by atoms with Gasteiger partial charge in [0.05, 0.1) is 5.37 Å². The molecule has 116 valence electrons. The smallest absolute Gasteiger partial charge is 0.321 e. The van der Waals surface area contributed by atoms with Gasteiger partial charge in [-0.2, -0.15) is 0 Å². The van der Waals surface area contributed by atoms with Crippen molar-refractivity contribution in [2.45, 2.75) is 56.9 Å². The molecule has 1 aromatic carbocycles. The van der Waals surface area contributed by atoms with Gasteiger partial charge in [0.1, 0.15) is 6.04 Å². The van der Waals surface area contributed by atoms with Crippen molar-refractivity contribution in [3.05, 3.63) is 35.4 Å². The van der Waals surface area contributed by atoms with E-state index in [0.717, 1.165) is 6.42 Å². The van der Waals surface area contributed by atoms with Crippen LogP contribution in [0.1, 0.15) is 55.5 Å². The lowest BCUT2D eigenvalue weighted by Crippen LogP contribution is -2.33. The summed E-state index contributed by atoms with van der Waals surface area (Å²) >= 11 is 1.70. The third kappa shape index (κ3) is 4.75. The molecule has 2 N–H and O–H groups in total. The Balaban J connectivity index is 1.92. The molecule has 1 saturated heterocycles. The fourth-order valence-corrected chi connectivity index (χ4v) is 4.02. The van der Waals surface area contributed by atoms with Crippen molar-refractivity contribution >= 4 is 17.7 Å². The standard InChI is InChI=1S/C17H25NO2S/c1-2-3-4-5-6-9-13-10-7-8-11-14(13)16-18-15(12-21-16)17(19)20/h7-8,10-11,15-16,18H,2-6,9,12H2,1H3,(H,19,20). The molecule has 0 bridgehead atoms. The fraction of sp³-hybridized carbons (Fsp3) is 0.588. The van der Waals surface area contributed by atoms with Gasteiger partial charge in [-0.05, 0) is 24.0 Å². The van der Waals surface area contributed by atoms with Gasteiger partial charge in [-0.1, -0.05) is 56.9 Å². The molecule has 0 amide bonds. The number of aryl methyl sites for hydroxylation is 1. The van der Waals surface area contributed by atoms with E-state index in [1.807, 2.05) is 6.07 Å². The van der Waals surface area contributed by atoms with Crippen molar-refractivity contribution in [2.75, 3.05) is 5.75 Å². The Hall–Kier alpha value is -1.00. The number of benzene rings is 1. The lowest BCUT2D eigenvalue weighted by Gasteiger charge is -2.16. The summed E-state index contributed by atoms with van der Waals surface area (Å²) in [7, 11) is 0. The van der Waals surface area contributed by atoms with E-state index in [9.17, 15) is 4.79 Å². The number of carboxylic acids is 1. The summed E-state index contributed by atoms with van der Waals surface area (Å²) in [6.45, 7) is 2.23. The quantitative estimate of drug-likeness (QED) is 0.713. The largest absolute Gasteiger partial charge is 0.480 e. The molecule has 1 heterocycles. The van der Waals surface area contributed by atoms with Crippen LogP contribution in [0.4, 0.5) is 0 Å². The van der Waals surface area contributed by atoms with E-state index in [0.29, 0.717) is 5.75 Å². The van der Waals surface area contributed by atoms with Gasteiger partial charge in [-0.15, -0.1) is 11.8 Å². The van der Waals surface area contributed by atoms with Gasteiger partial charge in [-0.25, -0.2) is 0 Å². The highest BCUT2D eigenvalue weighted by atomic mass is 32.2. The molecule has 2 unspecified atom stereocenters. The molecular formula is C17H25NO2S. The average Bonchev–Trinajstić information content (AvgIpc) is 2.97. The van der Waals surface area contributed by atoms with Crippen LogP contribution in [-0.2, 0) is 11.2 Å². The summed E-state index contributed by atoms with van der Waals surface area (Å²) in [5.41, 5.74) is 2.63. The molecule has 0 aromatic heterocycles. The van der Waals surface area contributed by atoms with Crippen LogP contribution in [0.5, 0.6) is 0 Å². The SMILES string of the molecule is CCCCCCCc1ccccc1C1NC(C(=O)O)CS1. The molecule has 0 saturated carbocycles. The van der Waals surface area contributed by atoms with E-state index in [-0.39, 0.29) is 5.37 Å². The first-order valence-electron chi connectivity index (χ1n) is 7.90. The topological polar surface area (TPSA) is 49.3 Å². The number of aliphatic carboxylic acids is 1. The molecule has 4 heteroatoms. The molecule has 1 aliphatic heterocycles. The van der Waals surface area contributed by atoms with Crippen molar-refractivity contribution in [3.63, 3.8) is 0 Å². The van der Waals surface area contributed by atoms with Gasteiger partial charge in [0.2, 0.25) is 0 Å². The molecule has 2 atom stereocenters. The fourth-order valence-electron chi connectivity index (χ4n) is 2.73. The maximum atomic E-state index is 11.1. The lowest BCUT2D eigenvalue weighted by atomic mass is 10.00. The molecule has 1 aliphatic rings. The third-order valence-electron chi connectivity index (χ3n) is 3.97. The van der Waals surface area contributed by atoms with E-state index in [1.54, 1.807) is 11.8 Å². The van der Waals surface area contributed by atoms with Crippen LogP contribution in [0.2, 0.25) is 0 Å². The van der Waals surface area contributed by atoms with Gasteiger partial charge < -0.3 is 5.11 Å². The van der Waals surface area contributed by atoms with Gasteiger partial charge in [0, 0.05) is 5.75 Å². The lowest BCUT2D eigenvalue weighted by molar-refractivity contribution is -0.138. The maximum Gasteiger partial charge on any atom is 0.321 e. The third-order valence-corrected chi connectivity index (χ3v) is 5.22. The highest BCUT2D eigenvalue weighted by Crippen LogP contribution is 2.35. The minimum absolute atomic E-state index is 0.123. The predicted molar refractivity (Wildman–Crippen MR) is 88.7 cm³/mol. The molecule has 3 nitrogen and oxygen atoms in total. The molecule has 2 rings (SSSR count). The van der Waals surface area contributed by atoms with E-state index < -0.39 is 12.0 Å². The number of carboxylic acid groups (broad SMARTS) is 1. The summed E-state index contributed by atoms with van der Waals surface area (Å²) in [6.07, 6.45) is 7.51. The zero-order valence-electron chi connectivity index (χ0n) is 12.7. The van der Waals surface area contributed by atoms with Gasteiger partial charge in [0.25, 0.3) is 0 Å². The molecule has 1 aromatic rings. The van der Waals surface area contributed by atoms with Gasteiger partial charge >= 0.3 is 5.97 Å². The van der Waals surface area contributed by atoms with Crippen LogP contribution in [0.3, 0.4) is 0 Å². The Morgan fingerprint density at radius 1 is 1.29 bits per heavy atom. The van der Waals surface area contributed by atoms with Gasteiger partial charge in [-0.3, -0.25) is 10.1 Å². The zero-order chi connectivity index (χ0) is 15.1. The Morgan fingerprint density at radius 3 is 2.76 bits per heavy atom. The number of nitrogens with one attached hydrogen (secondary N) is 1. The number of rotatable bonds is 8. The Labute approximate surface area is 131 Å². The highest BCUT2D eigenvalue weighted by Gasteiger charge is 2.31. The number of thioether (sulfide) groups is 1. The molecule has 0 aliphatic carbocycles. The van der Waals surface area contributed by atoms with Crippen LogP contribution in [0, 0.1) is 0 Å². The van der Waals surface area contributed by atoms with E-state index in [4.69, 9.17) is 5.11 Å². The summed E-state index contributed by atoms with van der Waals surface area (Å²) in [6, 6.07) is 8.03. The van der Waals surface area contributed by atoms with Crippen LogP contribution >= 0.6 is 11.8 Å². The predicted octanol–water partition coefficient (Wildman–Crippen LogP) is 3.99. The zero-order valence-corrected chi connectivity index (χ0v) is 13.5. The first-order chi connectivity index (χ1) is 10.2. The Kier molecular flexibility index (Phi) is 6.58. The number of carbonyl (C=O) groups is 1. The number of unbranched alkanes of at least 4 members (excludes halogenated alkanes) is 4. The second-order valence-electron chi connectivity index (χ2n) is 5.63. The first-order valence-corrected chi connectivity index (χ1v) is 8.95. The molecule has 21 heavy (non-hydrogen) atoms. The molecule has 1 fully saturated rings. The summed E-state index contributed by atoms with van der Waals surface area (Å²) in [5, 5.41) is 12.4. The first kappa shape index (κ1) is 16.4. The van der Waals surface area contributed by atoms with Crippen molar-refractivity contribution in [1.29, 1.82) is 0 Å². The summed E-state index contributed by atoms with van der Waals surface area (Å²) < 4.78 is 0. The van der Waals surface area contributed by atoms with Crippen molar-refractivity contribution < 1.29 is 9.90 Å². The van der Waals surface area contributed by atoms with E-state index in [1.165, 1.54) is 43.2 Å². The highest BCUT2D eigenvalue weighted by molar-refractivity contribution is 7.99. The molecular weight excluding hydrogens is 282 g/mol. The van der Waals surface area contributed by atoms with Crippen LogP contribution < -0.4 is 5.32 Å². The van der Waals surface area contributed by atoms with E-state index >= 15 is 0 Å². The minimum Gasteiger partial charge on any atom is -0.480 e. The molecule has 0 radical (unpaired) electrons.